The first-order valence-electron chi connectivity index (χ1n) is 11.3. The van der Waals surface area contributed by atoms with Crippen LogP contribution in [0.2, 0.25) is 0 Å². The summed E-state index contributed by atoms with van der Waals surface area (Å²) in [5.74, 6) is 0.693. The number of hydrogen-bond acceptors (Lipinski definition) is 3. The molecule has 0 aromatic heterocycles. The van der Waals surface area contributed by atoms with E-state index in [1.54, 1.807) is 30.3 Å². The molecule has 1 fully saturated rings. The summed E-state index contributed by atoms with van der Waals surface area (Å²) in [7, 11) is 0. The zero-order valence-corrected chi connectivity index (χ0v) is 19.0. The van der Waals surface area contributed by atoms with E-state index in [4.69, 9.17) is 32.4 Å². The van der Waals surface area contributed by atoms with Crippen LogP contribution in [0.15, 0.2) is 42.5 Å². The van der Waals surface area contributed by atoms with Gasteiger partial charge in [-0.2, -0.15) is 0 Å². The van der Waals surface area contributed by atoms with E-state index in [9.17, 15) is 9.90 Å². The summed E-state index contributed by atoms with van der Waals surface area (Å²) in [6.07, 6.45) is 1.34. The molecule has 0 bridgehead atoms. The molecule has 1 atom stereocenters. The fourth-order valence-electron chi connectivity index (χ4n) is 4.37. The van der Waals surface area contributed by atoms with E-state index in [2.05, 4.69) is 0 Å². The van der Waals surface area contributed by atoms with Gasteiger partial charge in [0, 0.05) is 24.8 Å². The van der Waals surface area contributed by atoms with Crippen molar-refractivity contribution >= 4 is 17.9 Å². The van der Waals surface area contributed by atoms with E-state index < -0.39 is 12.1 Å². The third-order valence-corrected chi connectivity index (χ3v) is 6.33. The van der Waals surface area contributed by atoms with E-state index in [-0.39, 0.29) is 12.1 Å². The average molecular weight is 469 g/mol. The molecule has 0 amide bonds. The van der Waals surface area contributed by atoms with Crippen molar-refractivity contribution in [2.24, 2.45) is 22.9 Å². The first-order valence-corrected chi connectivity index (χ1v) is 11.3. The lowest BCUT2D eigenvalue weighted by Crippen LogP contribution is -2.42. The predicted molar refractivity (Wildman–Crippen MR) is 127 cm³/mol. The average Bonchev–Trinajstić information content (AvgIpc) is 2.83. The van der Waals surface area contributed by atoms with E-state index in [0.717, 1.165) is 44.5 Å². The standard InChI is InChI=1S/C24H30N6O4/c25-23(26)29-11-8-19(9-12-29)33-18-4-2-16(3-5-18)21(22(31)32)34-20-6-1-15-7-10-30(24(27)28)14-17(15)13-20/h1-6,13,19,21H,7-12,14H2,(H7,25,26,27,28,31,32)/p+2. The first-order chi connectivity index (χ1) is 16.3. The molecule has 0 aliphatic carbocycles. The maximum atomic E-state index is 12.0. The van der Waals surface area contributed by atoms with Crippen molar-refractivity contribution in [1.82, 2.24) is 0 Å². The van der Waals surface area contributed by atoms with Crippen LogP contribution in [0.1, 0.15) is 35.6 Å². The highest BCUT2D eigenvalue weighted by molar-refractivity contribution is 5.75. The van der Waals surface area contributed by atoms with Crippen LogP contribution in [0, 0.1) is 0 Å². The van der Waals surface area contributed by atoms with Crippen molar-refractivity contribution in [3.8, 4) is 11.5 Å². The molecule has 4 rings (SSSR count). The normalized spacial score (nSPS) is 18.5. The number of rotatable bonds is 6. The van der Waals surface area contributed by atoms with Gasteiger partial charge in [-0.25, -0.2) is 4.79 Å². The highest BCUT2D eigenvalue weighted by atomic mass is 16.5. The fourth-order valence-corrected chi connectivity index (χ4v) is 4.37. The molecule has 0 saturated carbocycles. The Labute approximate surface area is 198 Å². The van der Waals surface area contributed by atoms with Crippen LogP contribution in [0.25, 0.3) is 0 Å². The number of aliphatic carboxylic acids is 1. The summed E-state index contributed by atoms with van der Waals surface area (Å²) in [6, 6.07) is 12.6. The number of hydrogen-bond donors (Lipinski definition) is 5. The van der Waals surface area contributed by atoms with Gasteiger partial charge in [-0.05, 0) is 35.4 Å². The molecule has 0 spiro atoms. The van der Waals surface area contributed by atoms with Gasteiger partial charge in [-0.15, -0.1) is 0 Å². The van der Waals surface area contributed by atoms with Crippen LogP contribution in [0.5, 0.6) is 11.5 Å². The number of carboxylic acid groups (broad SMARTS) is 1. The molecule has 34 heavy (non-hydrogen) atoms. The minimum absolute atomic E-state index is 0.0582. The van der Waals surface area contributed by atoms with Crippen molar-refractivity contribution in [3.05, 3.63) is 59.2 Å². The Morgan fingerprint density at radius 1 is 0.882 bits per heavy atom. The lowest BCUT2D eigenvalue weighted by molar-refractivity contribution is -0.549. The minimum Gasteiger partial charge on any atom is -0.490 e. The topological polar surface area (TPSA) is 166 Å². The molecule has 0 radical (unpaired) electrons. The summed E-state index contributed by atoms with van der Waals surface area (Å²) in [5, 5.41) is 9.81. The molecule has 1 unspecified atom stereocenters. The predicted octanol–water partition coefficient (Wildman–Crippen LogP) is 0.0604. The summed E-state index contributed by atoms with van der Waals surface area (Å²) >= 11 is 0. The second kappa shape index (κ2) is 9.90. The van der Waals surface area contributed by atoms with Gasteiger partial charge in [-0.1, -0.05) is 18.2 Å². The van der Waals surface area contributed by atoms with E-state index in [1.165, 1.54) is 5.56 Å². The molecule has 9 N–H and O–H groups in total. The Kier molecular flexibility index (Phi) is 6.76. The number of carboxylic acids is 1. The third-order valence-electron chi connectivity index (χ3n) is 6.33. The molecule has 10 nitrogen and oxygen atoms in total. The Balaban J connectivity index is 1.43. The fraction of sp³-hybridized carbons (Fsp3) is 0.375. The smallest absolute Gasteiger partial charge is 0.349 e. The van der Waals surface area contributed by atoms with Crippen molar-refractivity contribution in [2.45, 2.75) is 38.0 Å². The van der Waals surface area contributed by atoms with Crippen molar-refractivity contribution in [2.75, 3.05) is 19.6 Å². The number of nitrogens with zero attached hydrogens (tertiary/aromatic N) is 2. The highest BCUT2D eigenvalue weighted by Gasteiger charge is 2.25. The minimum atomic E-state index is -1.15. The van der Waals surface area contributed by atoms with Crippen LogP contribution in [0.3, 0.4) is 0 Å². The second-order valence-corrected chi connectivity index (χ2v) is 8.66. The van der Waals surface area contributed by atoms with E-state index in [1.807, 2.05) is 21.3 Å². The molecule has 2 heterocycles. The van der Waals surface area contributed by atoms with Gasteiger partial charge in [0.2, 0.25) is 6.10 Å². The number of nitrogens with two attached hydrogens (primary N) is 4. The van der Waals surface area contributed by atoms with Gasteiger partial charge in [0.15, 0.2) is 0 Å². The SMILES string of the molecule is NC(N)=[N+]1CCC(Oc2ccc(C(Oc3ccc4c(c3)C[N+](=C(N)N)CC4)C(=O)O)cc2)CC1. The van der Waals surface area contributed by atoms with Gasteiger partial charge in [-0.3, -0.25) is 32.1 Å². The maximum absolute atomic E-state index is 12.0. The quantitative estimate of drug-likeness (QED) is 0.293. The van der Waals surface area contributed by atoms with E-state index >= 15 is 0 Å². The molecule has 2 aromatic rings. The van der Waals surface area contributed by atoms with Gasteiger partial charge in [0.25, 0.3) is 0 Å². The van der Waals surface area contributed by atoms with Gasteiger partial charge in [0.1, 0.15) is 17.6 Å². The zero-order valence-electron chi connectivity index (χ0n) is 19.0. The summed E-state index contributed by atoms with van der Waals surface area (Å²) < 4.78 is 15.8. The largest absolute Gasteiger partial charge is 0.490 e. The summed E-state index contributed by atoms with van der Waals surface area (Å²) in [4.78, 5) is 12.0. The molecular formula is C24H32N6O4+2. The van der Waals surface area contributed by atoms with E-state index in [0.29, 0.717) is 29.6 Å². The molecule has 2 aromatic carbocycles. The molecule has 2 aliphatic heterocycles. The van der Waals surface area contributed by atoms with Crippen LogP contribution >= 0.6 is 0 Å². The van der Waals surface area contributed by atoms with Crippen molar-refractivity contribution < 1.29 is 28.5 Å². The summed E-state index contributed by atoms with van der Waals surface area (Å²) in [5.41, 5.74) is 25.5. The second-order valence-electron chi connectivity index (χ2n) is 8.66. The Bertz CT molecular complexity index is 1110. The highest BCUT2D eigenvalue weighted by Crippen LogP contribution is 2.28. The monoisotopic (exact) mass is 468 g/mol. The zero-order chi connectivity index (χ0) is 24.2. The molecule has 10 heteroatoms. The lowest BCUT2D eigenvalue weighted by atomic mass is 10.0. The number of carbonyl (C=O) groups is 1. The van der Waals surface area contributed by atoms with Gasteiger partial charge >= 0.3 is 17.9 Å². The van der Waals surface area contributed by atoms with Gasteiger partial charge < -0.3 is 14.6 Å². The Hall–Kier alpha value is -3.95. The van der Waals surface area contributed by atoms with Crippen LogP contribution < -0.4 is 32.4 Å². The molecule has 1 saturated heterocycles. The number of ether oxygens (including phenoxy) is 2. The van der Waals surface area contributed by atoms with Crippen LogP contribution in [-0.4, -0.2) is 57.9 Å². The van der Waals surface area contributed by atoms with Gasteiger partial charge in [0.05, 0.1) is 26.2 Å². The van der Waals surface area contributed by atoms with Crippen molar-refractivity contribution in [1.29, 1.82) is 0 Å². The Morgan fingerprint density at radius 2 is 1.53 bits per heavy atom. The summed E-state index contributed by atoms with van der Waals surface area (Å²) in [6.45, 7) is 2.80. The molecular weight excluding hydrogens is 436 g/mol. The number of piperidine rings is 1. The maximum Gasteiger partial charge on any atom is 0.349 e. The van der Waals surface area contributed by atoms with Crippen LogP contribution in [-0.2, 0) is 17.8 Å². The molecule has 2 aliphatic rings. The number of fused-ring (bicyclic) bond motifs is 1. The third kappa shape index (κ3) is 5.33. The first kappa shape index (κ1) is 23.2. The Morgan fingerprint density at radius 3 is 2.15 bits per heavy atom. The number of guanidine groups is 2. The lowest BCUT2D eigenvalue weighted by Gasteiger charge is -2.25. The number of benzene rings is 2. The van der Waals surface area contributed by atoms with Crippen LogP contribution in [0.4, 0.5) is 0 Å². The molecule has 180 valence electrons. The van der Waals surface area contributed by atoms with Crippen molar-refractivity contribution in [3.63, 3.8) is 0 Å².